The molecule has 1 aliphatic rings. The molecule has 0 aromatic carbocycles. The van der Waals surface area contributed by atoms with Gasteiger partial charge in [-0.25, -0.2) is 0 Å². The van der Waals surface area contributed by atoms with Crippen LogP contribution in [0.2, 0.25) is 0 Å². The SMILES string of the molecule is NC(CC1CC1)C(O)CC(=O)O. The van der Waals surface area contributed by atoms with Gasteiger partial charge in [0.2, 0.25) is 0 Å². The summed E-state index contributed by atoms with van der Waals surface area (Å²) in [6, 6.07) is -0.367. The quantitative estimate of drug-likeness (QED) is 0.544. The van der Waals surface area contributed by atoms with E-state index < -0.39 is 12.1 Å². The summed E-state index contributed by atoms with van der Waals surface area (Å²) in [6.45, 7) is 0. The first-order valence-electron chi connectivity index (χ1n) is 4.25. The van der Waals surface area contributed by atoms with Crippen molar-refractivity contribution in [2.45, 2.75) is 37.8 Å². The molecule has 4 N–H and O–H groups in total. The van der Waals surface area contributed by atoms with Crippen molar-refractivity contribution in [2.75, 3.05) is 0 Å². The molecule has 0 aromatic rings. The van der Waals surface area contributed by atoms with Crippen LogP contribution in [0.3, 0.4) is 0 Å². The molecule has 0 radical (unpaired) electrons. The molecule has 0 aromatic heterocycles. The molecule has 4 heteroatoms. The fourth-order valence-corrected chi connectivity index (χ4v) is 1.23. The zero-order valence-electron chi connectivity index (χ0n) is 6.94. The van der Waals surface area contributed by atoms with E-state index >= 15 is 0 Å². The van der Waals surface area contributed by atoms with Crippen molar-refractivity contribution in [3.8, 4) is 0 Å². The highest BCUT2D eigenvalue weighted by Crippen LogP contribution is 2.33. The van der Waals surface area contributed by atoms with Gasteiger partial charge in [-0.2, -0.15) is 0 Å². The number of hydrogen-bond acceptors (Lipinski definition) is 3. The lowest BCUT2D eigenvalue weighted by atomic mass is 10.0. The third-order valence-corrected chi connectivity index (χ3v) is 2.18. The van der Waals surface area contributed by atoms with Crippen molar-refractivity contribution in [3.05, 3.63) is 0 Å². The number of carboxylic acid groups (broad SMARTS) is 1. The molecule has 4 nitrogen and oxygen atoms in total. The monoisotopic (exact) mass is 173 g/mol. The number of aliphatic hydroxyl groups excluding tert-OH is 1. The highest BCUT2D eigenvalue weighted by Gasteiger charge is 2.27. The lowest BCUT2D eigenvalue weighted by molar-refractivity contribution is -0.139. The molecule has 0 bridgehead atoms. The molecule has 0 saturated heterocycles. The second-order valence-corrected chi connectivity index (χ2v) is 3.51. The van der Waals surface area contributed by atoms with Crippen LogP contribution in [0.5, 0.6) is 0 Å². The van der Waals surface area contributed by atoms with Crippen molar-refractivity contribution < 1.29 is 15.0 Å². The Labute approximate surface area is 71.4 Å². The van der Waals surface area contributed by atoms with Crippen molar-refractivity contribution in [1.82, 2.24) is 0 Å². The van der Waals surface area contributed by atoms with Crippen LogP contribution in [-0.4, -0.2) is 28.3 Å². The summed E-state index contributed by atoms with van der Waals surface area (Å²) in [4.78, 5) is 10.2. The predicted molar refractivity (Wildman–Crippen MR) is 43.6 cm³/mol. The molecule has 12 heavy (non-hydrogen) atoms. The lowest BCUT2D eigenvalue weighted by Gasteiger charge is -2.16. The molecular weight excluding hydrogens is 158 g/mol. The van der Waals surface area contributed by atoms with Crippen LogP contribution in [0, 0.1) is 5.92 Å². The van der Waals surface area contributed by atoms with Gasteiger partial charge in [-0.15, -0.1) is 0 Å². The Bertz CT molecular complexity index is 168. The van der Waals surface area contributed by atoms with E-state index in [1.54, 1.807) is 0 Å². The number of carbonyl (C=O) groups is 1. The minimum absolute atomic E-state index is 0.242. The average Bonchev–Trinajstić information content (AvgIpc) is 2.70. The van der Waals surface area contributed by atoms with Crippen molar-refractivity contribution in [2.24, 2.45) is 11.7 Å². The summed E-state index contributed by atoms with van der Waals surface area (Å²) in [7, 11) is 0. The van der Waals surface area contributed by atoms with Gasteiger partial charge in [0.15, 0.2) is 0 Å². The van der Waals surface area contributed by atoms with Gasteiger partial charge in [-0.05, 0) is 12.3 Å². The van der Waals surface area contributed by atoms with E-state index in [1.807, 2.05) is 0 Å². The normalized spacial score (nSPS) is 21.8. The zero-order valence-corrected chi connectivity index (χ0v) is 6.94. The van der Waals surface area contributed by atoms with Crippen LogP contribution >= 0.6 is 0 Å². The van der Waals surface area contributed by atoms with E-state index in [-0.39, 0.29) is 12.5 Å². The Hall–Kier alpha value is -0.610. The average molecular weight is 173 g/mol. The Morgan fingerprint density at radius 1 is 1.58 bits per heavy atom. The Morgan fingerprint density at radius 2 is 2.17 bits per heavy atom. The molecule has 1 saturated carbocycles. The molecule has 1 rings (SSSR count). The smallest absolute Gasteiger partial charge is 0.306 e. The maximum Gasteiger partial charge on any atom is 0.306 e. The first kappa shape index (κ1) is 9.48. The van der Waals surface area contributed by atoms with Crippen molar-refractivity contribution in [1.29, 1.82) is 0 Å². The number of aliphatic hydroxyl groups is 1. The molecule has 1 aliphatic carbocycles. The van der Waals surface area contributed by atoms with E-state index in [1.165, 1.54) is 12.8 Å². The number of aliphatic carboxylic acids is 1. The van der Waals surface area contributed by atoms with E-state index in [2.05, 4.69) is 0 Å². The molecular formula is C8H15NO3. The van der Waals surface area contributed by atoms with Gasteiger partial charge >= 0.3 is 5.97 Å². The van der Waals surface area contributed by atoms with E-state index in [0.717, 1.165) is 6.42 Å². The summed E-state index contributed by atoms with van der Waals surface area (Å²) in [6.07, 6.45) is 1.98. The van der Waals surface area contributed by atoms with Crippen LogP contribution in [-0.2, 0) is 4.79 Å². The molecule has 0 spiro atoms. The van der Waals surface area contributed by atoms with Crippen LogP contribution < -0.4 is 5.73 Å². The molecule has 0 amide bonds. The molecule has 2 unspecified atom stereocenters. The Kier molecular flexibility index (Phi) is 3.05. The van der Waals surface area contributed by atoms with Gasteiger partial charge < -0.3 is 15.9 Å². The summed E-state index contributed by atoms with van der Waals surface area (Å²) >= 11 is 0. The minimum Gasteiger partial charge on any atom is -0.481 e. The van der Waals surface area contributed by atoms with E-state index in [0.29, 0.717) is 5.92 Å². The standard InChI is InChI=1S/C8H15NO3/c9-6(3-5-1-2-5)7(10)4-8(11)12/h5-7,10H,1-4,9H2,(H,11,12). The number of carboxylic acids is 1. The van der Waals surface area contributed by atoms with Crippen LogP contribution in [0.15, 0.2) is 0 Å². The topological polar surface area (TPSA) is 83.5 Å². The molecule has 1 fully saturated rings. The van der Waals surface area contributed by atoms with Gasteiger partial charge in [0.05, 0.1) is 12.5 Å². The zero-order chi connectivity index (χ0) is 9.14. The maximum absolute atomic E-state index is 10.2. The summed E-state index contributed by atoms with van der Waals surface area (Å²) in [5.74, 6) is -0.364. The second-order valence-electron chi connectivity index (χ2n) is 3.51. The maximum atomic E-state index is 10.2. The van der Waals surface area contributed by atoms with Crippen LogP contribution in [0.1, 0.15) is 25.7 Å². The first-order chi connectivity index (χ1) is 5.59. The summed E-state index contributed by atoms with van der Waals surface area (Å²) in [5, 5.41) is 17.6. The van der Waals surface area contributed by atoms with Gasteiger partial charge in [0.25, 0.3) is 0 Å². The van der Waals surface area contributed by atoms with Crippen LogP contribution in [0.25, 0.3) is 0 Å². The Balaban J connectivity index is 2.19. The summed E-state index contributed by atoms with van der Waals surface area (Å²) < 4.78 is 0. The predicted octanol–water partition coefficient (Wildman–Crippen LogP) is -0.0506. The third-order valence-electron chi connectivity index (χ3n) is 2.18. The minimum atomic E-state index is -0.992. The number of hydrogen-bond donors (Lipinski definition) is 3. The Morgan fingerprint density at radius 3 is 2.58 bits per heavy atom. The van der Waals surface area contributed by atoms with E-state index in [4.69, 9.17) is 10.8 Å². The highest BCUT2D eigenvalue weighted by molar-refractivity contribution is 5.67. The molecule has 0 aliphatic heterocycles. The van der Waals surface area contributed by atoms with Gasteiger partial charge in [-0.3, -0.25) is 4.79 Å². The molecule has 70 valence electrons. The van der Waals surface area contributed by atoms with Gasteiger partial charge in [0.1, 0.15) is 0 Å². The fraction of sp³-hybridized carbons (Fsp3) is 0.875. The van der Waals surface area contributed by atoms with Crippen molar-refractivity contribution in [3.63, 3.8) is 0 Å². The van der Waals surface area contributed by atoms with Gasteiger partial charge in [-0.1, -0.05) is 12.8 Å². The molecule has 0 heterocycles. The highest BCUT2D eigenvalue weighted by atomic mass is 16.4. The second kappa shape index (κ2) is 3.87. The van der Waals surface area contributed by atoms with E-state index in [9.17, 15) is 9.90 Å². The number of rotatable bonds is 5. The van der Waals surface area contributed by atoms with Crippen LogP contribution in [0.4, 0.5) is 0 Å². The molecule has 2 atom stereocenters. The lowest BCUT2D eigenvalue weighted by Crippen LogP contribution is -2.36. The summed E-state index contributed by atoms with van der Waals surface area (Å²) in [5.41, 5.74) is 5.59. The third kappa shape index (κ3) is 3.19. The van der Waals surface area contributed by atoms with Crippen molar-refractivity contribution >= 4 is 5.97 Å². The largest absolute Gasteiger partial charge is 0.481 e. The first-order valence-corrected chi connectivity index (χ1v) is 4.25. The van der Waals surface area contributed by atoms with Gasteiger partial charge in [0, 0.05) is 6.04 Å². The number of nitrogens with two attached hydrogens (primary N) is 1. The fourth-order valence-electron chi connectivity index (χ4n) is 1.23.